The second-order valence-electron chi connectivity index (χ2n) is 6.27. The molecule has 8 nitrogen and oxygen atoms in total. The first-order valence-electron chi connectivity index (χ1n) is 9.15. The summed E-state index contributed by atoms with van der Waals surface area (Å²) < 4.78 is 10.3. The van der Waals surface area contributed by atoms with Gasteiger partial charge in [-0.3, -0.25) is 19.7 Å². The molecule has 2 rings (SSSR count). The van der Waals surface area contributed by atoms with Crippen LogP contribution in [0.15, 0.2) is 24.3 Å². The first-order chi connectivity index (χ1) is 13.5. The lowest BCUT2D eigenvalue weighted by atomic mass is 10.1. The maximum Gasteiger partial charge on any atom is 0.308 e. The summed E-state index contributed by atoms with van der Waals surface area (Å²) in [6.07, 6.45) is 1.79. The Kier molecular flexibility index (Phi) is 8.19. The molecule has 0 radical (unpaired) electrons. The predicted molar refractivity (Wildman–Crippen MR) is 107 cm³/mol. The van der Waals surface area contributed by atoms with Crippen molar-refractivity contribution in [1.29, 1.82) is 0 Å². The second kappa shape index (κ2) is 10.6. The Labute approximate surface area is 169 Å². The minimum Gasteiger partial charge on any atom is -0.494 e. The van der Waals surface area contributed by atoms with Crippen LogP contribution in [0.1, 0.15) is 36.5 Å². The quantitative estimate of drug-likeness (QED) is 0.399. The molecule has 152 valence electrons. The number of piperazine rings is 1. The van der Waals surface area contributed by atoms with Gasteiger partial charge in [0.25, 0.3) is 5.91 Å². The fourth-order valence-electron chi connectivity index (χ4n) is 2.70. The number of nitrogens with zero attached hydrogens (tertiary/aromatic N) is 1. The number of hydrogen-bond acceptors (Lipinski definition) is 6. The molecule has 1 aliphatic heterocycles. The lowest BCUT2D eigenvalue weighted by molar-refractivity contribution is -0.144. The fourth-order valence-corrected chi connectivity index (χ4v) is 3.02. The van der Waals surface area contributed by atoms with E-state index < -0.39 is 17.9 Å². The van der Waals surface area contributed by atoms with E-state index in [1.165, 1.54) is 12.0 Å². The van der Waals surface area contributed by atoms with Crippen LogP contribution >= 0.6 is 12.2 Å². The third kappa shape index (κ3) is 5.91. The number of unbranched alkanes of at least 4 members (excludes halogenated alkanes) is 1. The van der Waals surface area contributed by atoms with E-state index in [1.54, 1.807) is 24.3 Å². The van der Waals surface area contributed by atoms with Gasteiger partial charge in [0, 0.05) is 18.7 Å². The molecule has 2 N–H and O–H groups in total. The first-order valence-corrected chi connectivity index (χ1v) is 9.56. The molecule has 1 fully saturated rings. The van der Waals surface area contributed by atoms with E-state index in [0.29, 0.717) is 31.0 Å². The predicted octanol–water partition coefficient (Wildman–Crippen LogP) is 1.24. The van der Waals surface area contributed by atoms with Crippen LogP contribution in [0.4, 0.5) is 0 Å². The van der Waals surface area contributed by atoms with Crippen molar-refractivity contribution in [1.82, 2.24) is 15.5 Å². The van der Waals surface area contributed by atoms with Crippen molar-refractivity contribution in [2.75, 3.05) is 26.8 Å². The average Bonchev–Trinajstić information content (AvgIpc) is 2.69. The number of carbonyl (C=O) groups excluding carboxylic acids is 3. The van der Waals surface area contributed by atoms with Gasteiger partial charge in [-0.2, -0.15) is 0 Å². The van der Waals surface area contributed by atoms with Gasteiger partial charge in [0.1, 0.15) is 11.8 Å². The average molecular weight is 407 g/mol. The number of esters is 1. The van der Waals surface area contributed by atoms with Crippen molar-refractivity contribution in [2.45, 2.75) is 32.2 Å². The summed E-state index contributed by atoms with van der Waals surface area (Å²) in [7, 11) is 1.25. The van der Waals surface area contributed by atoms with E-state index in [2.05, 4.69) is 22.3 Å². The third-order valence-corrected chi connectivity index (χ3v) is 4.60. The SMILES string of the molecule is CCCCOc1cccc(C(=O)NC(=S)N2CCNC(=O)C2CC(=O)OC)c1. The van der Waals surface area contributed by atoms with Crippen molar-refractivity contribution in [3.63, 3.8) is 0 Å². The Bertz CT molecular complexity index is 740. The number of methoxy groups -OCH3 is 1. The molecule has 1 unspecified atom stereocenters. The first kappa shape index (κ1) is 21.6. The Hall–Kier alpha value is -2.68. The zero-order valence-corrected chi connectivity index (χ0v) is 16.8. The summed E-state index contributed by atoms with van der Waals surface area (Å²) in [4.78, 5) is 37.9. The zero-order valence-electron chi connectivity index (χ0n) is 16.0. The lowest BCUT2D eigenvalue weighted by Gasteiger charge is -2.36. The molecule has 1 aliphatic rings. The number of benzene rings is 1. The van der Waals surface area contributed by atoms with Gasteiger partial charge in [0.15, 0.2) is 5.11 Å². The molecule has 1 aromatic rings. The van der Waals surface area contributed by atoms with Crippen LogP contribution in [0.5, 0.6) is 5.75 Å². The lowest BCUT2D eigenvalue weighted by Crippen LogP contribution is -2.60. The van der Waals surface area contributed by atoms with Crippen LogP contribution in [0.3, 0.4) is 0 Å². The Morgan fingerprint density at radius 1 is 1.39 bits per heavy atom. The highest BCUT2D eigenvalue weighted by atomic mass is 32.1. The van der Waals surface area contributed by atoms with E-state index in [4.69, 9.17) is 17.0 Å². The number of amides is 2. The minimum absolute atomic E-state index is 0.0889. The van der Waals surface area contributed by atoms with Crippen molar-refractivity contribution in [3.8, 4) is 5.75 Å². The van der Waals surface area contributed by atoms with Crippen LogP contribution in [0, 0.1) is 0 Å². The number of thiocarbonyl (C=S) groups is 1. The fraction of sp³-hybridized carbons (Fsp3) is 0.474. The van der Waals surface area contributed by atoms with E-state index in [1.807, 2.05) is 0 Å². The molecular formula is C19H25N3O5S. The van der Waals surface area contributed by atoms with Crippen molar-refractivity contribution in [2.24, 2.45) is 0 Å². The van der Waals surface area contributed by atoms with Crippen LogP contribution < -0.4 is 15.4 Å². The summed E-state index contributed by atoms with van der Waals surface area (Å²) >= 11 is 5.32. The van der Waals surface area contributed by atoms with Crippen molar-refractivity contribution in [3.05, 3.63) is 29.8 Å². The molecular weight excluding hydrogens is 382 g/mol. The van der Waals surface area contributed by atoms with E-state index >= 15 is 0 Å². The molecule has 1 heterocycles. The largest absolute Gasteiger partial charge is 0.494 e. The maximum absolute atomic E-state index is 12.6. The second-order valence-corrected chi connectivity index (χ2v) is 6.66. The summed E-state index contributed by atoms with van der Waals surface area (Å²) in [6.45, 7) is 3.40. The molecule has 1 atom stereocenters. The van der Waals surface area contributed by atoms with Gasteiger partial charge < -0.3 is 19.7 Å². The number of carbonyl (C=O) groups is 3. The summed E-state index contributed by atoms with van der Waals surface area (Å²) in [5.74, 6) is -0.667. The normalized spacial score (nSPS) is 16.1. The Morgan fingerprint density at radius 2 is 2.18 bits per heavy atom. The Morgan fingerprint density at radius 3 is 2.89 bits per heavy atom. The highest BCUT2D eigenvalue weighted by Gasteiger charge is 2.34. The molecule has 2 amide bonds. The van der Waals surface area contributed by atoms with Crippen LogP contribution in [0.25, 0.3) is 0 Å². The van der Waals surface area contributed by atoms with Crippen LogP contribution in [-0.2, 0) is 14.3 Å². The molecule has 0 aromatic heterocycles. The van der Waals surface area contributed by atoms with Crippen molar-refractivity contribution < 1.29 is 23.9 Å². The van der Waals surface area contributed by atoms with Crippen LogP contribution in [-0.4, -0.2) is 60.6 Å². The zero-order chi connectivity index (χ0) is 20.5. The summed E-state index contributed by atoms with van der Waals surface area (Å²) in [6, 6.07) is 5.99. The van der Waals surface area contributed by atoms with E-state index in [0.717, 1.165) is 12.8 Å². The van der Waals surface area contributed by atoms with Gasteiger partial charge in [-0.05, 0) is 36.8 Å². The van der Waals surface area contributed by atoms with Gasteiger partial charge in [-0.15, -0.1) is 0 Å². The van der Waals surface area contributed by atoms with Gasteiger partial charge in [-0.1, -0.05) is 19.4 Å². The topological polar surface area (TPSA) is 97.0 Å². The molecule has 28 heavy (non-hydrogen) atoms. The van der Waals surface area contributed by atoms with Gasteiger partial charge in [0.2, 0.25) is 5.91 Å². The van der Waals surface area contributed by atoms with Crippen molar-refractivity contribution >= 4 is 35.1 Å². The van der Waals surface area contributed by atoms with Gasteiger partial charge >= 0.3 is 5.97 Å². The molecule has 1 aromatic carbocycles. The van der Waals surface area contributed by atoms with Gasteiger partial charge in [0.05, 0.1) is 20.1 Å². The number of nitrogens with one attached hydrogen (secondary N) is 2. The van der Waals surface area contributed by atoms with E-state index in [-0.39, 0.29) is 17.4 Å². The standard InChI is InChI=1S/C19H25N3O5S/c1-3-4-10-27-14-7-5-6-13(11-14)17(24)21-19(28)22-9-8-20-18(25)15(22)12-16(23)26-2/h5-7,11,15H,3-4,8-10,12H2,1-2H3,(H,20,25)(H,21,24,28). The maximum atomic E-state index is 12.6. The minimum atomic E-state index is -0.822. The molecule has 0 spiro atoms. The molecule has 0 aliphatic carbocycles. The van der Waals surface area contributed by atoms with E-state index in [9.17, 15) is 14.4 Å². The number of rotatable bonds is 7. The third-order valence-electron chi connectivity index (χ3n) is 4.26. The monoisotopic (exact) mass is 407 g/mol. The molecule has 0 bridgehead atoms. The number of hydrogen-bond donors (Lipinski definition) is 2. The molecule has 1 saturated heterocycles. The highest BCUT2D eigenvalue weighted by Crippen LogP contribution is 2.15. The summed E-state index contributed by atoms with van der Waals surface area (Å²) in [5, 5.41) is 5.41. The Balaban J connectivity index is 2.03. The molecule has 9 heteroatoms. The van der Waals surface area contributed by atoms with Crippen LogP contribution in [0.2, 0.25) is 0 Å². The smallest absolute Gasteiger partial charge is 0.308 e. The highest BCUT2D eigenvalue weighted by molar-refractivity contribution is 7.80. The van der Waals surface area contributed by atoms with Gasteiger partial charge in [-0.25, -0.2) is 0 Å². The number of ether oxygens (including phenoxy) is 2. The molecule has 0 saturated carbocycles. The summed E-state index contributed by atoms with van der Waals surface area (Å²) in [5.41, 5.74) is 0.391.